The first kappa shape index (κ1) is 13.8. The van der Waals surface area contributed by atoms with Crippen molar-refractivity contribution in [2.24, 2.45) is 5.73 Å². The summed E-state index contributed by atoms with van der Waals surface area (Å²) in [4.78, 5) is 0.216. The van der Waals surface area contributed by atoms with E-state index in [2.05, 4.69) is 4.72 Å². The van der Waals surface area contributed by atoms with Crippen LogP contribution in [-0.2, 0) is 10.2 Å². The normalized spacial score (nSPS) is 18.1. The van der Waals surface area contributed by atoms with Gasteiger partial charge in [-0.15, -0.1) is 0 Å². The molecule has 1 rings (SSSR count). The summed E-state index contributed by atoms with van der Waals surface area (Å²) in [7, 11) is -3.44. The van der Waals surface area contributed by atoms with Crippen LogP contribution in [-0.4, -0.2) is 36.8 Å². The molecule has 0 spiro atoms. The van der Waals surface area contributed by atoms with Crippen LogP contribution in [0.5, 0.6) is 0 Å². The van der Waals surface area contributed by atoms with Crippen molar-refractivity contribution in [1.29, 1.82) is 0 Å². The van der Waals surface area contributed by atoms with E-state index in [9.17, 15) is 8.42 Å². The number of nitrogens with two attached hydrogens (primary N) is 1. The Hall–Kier alpha value is -0.240. The van der Waals surface area contributed by atoms with E-state index in [1.807, 2.05) is 0 Å². The lowest BCUT2D eigenvalue weighted by Crippen LogP contribution is -2.48. The molecule has 94 valence electrons. The van der Waals surface area contributed by atoms with E-state index in [0.717, 1.165) is 25.7 Å². The van der Waals surface area contributed by atoms with Gasteiger partial charge in [-0.3, -0.25) is 0 Å². The molecule has 0 radical (unpaired) electrons. The number of rotatable bonds is 6. The summed E-state index contributed by atoms with van der Waals surface area (Å²) in [5, 5.41) is 0. The van der Waals surface area contributed by atoms with Crippen LogP contribution in [0.2, 0.25) is 0 Å². The van der Waals surface area contributed by atoms with Gasteiger partial charge in [0.15, 0.2) is 0 Å². The monoisotopic (exact) mass is 265 g/mol. The van der Waals surface area contributed by atoms with Crippen molar-refractivity contribution < 1.29 is 8.42 Å². The van der Waals surface area contributed by atoms with Gasteiger partial charge in [0.05, 0.1) is 11.5 Å². The summed E-state index contributed by atoms with van der Waals surface area (Å²) in [5.74, 6) is 0. The van der Waals surface area contributed by atoms with E-state index in [-0.39, 0.29) is 17.6 Å². The number of nitrogens with zero attached hydrogens (tertiary/aromatic N) is 1. The van der Waals surface area contributed by atoms with Crippen molar-refractivity contribution in [3.05, 3.63) is 0 Å². The summed E-state index contributed by atoms with van der Waals surface area (Å²) in [6.07, 6.45) is 3.93. The van der Waals surface area contributed by atoms with Crippen LogP contribution in [0.25, 0.3) is 0 Å². The zero-order chi connectivity index (χ0) is 12.2. The van der Waals surface area contributed by atoms with Gasteiger partial charge in [0.2, 0.25) is 0 Å². The molecule has 5 nitrogen and oxygen atoms in total. The van der Waals surface area contributed by atoms with Crippen LogP contribution in [0.4, 0.5) is 0 Å². The lowest BCUT2D eigenvalue weighted by molar-refractivity contribution is 0.350. The molecule has 7 heteroatoms. The van der Waals surface area contributed by atoms with E-state index in [1.165, 1.54) is 4.31 Å². The van der Waals surface area contributed by atoms with Crippen LogP contribution < -0.4 is 10.5 Å². The molecule has 0 atom stereocenters. The fourth-order valence-electron chi connectivity index (χ4n) is 2.02. The van der Waals surface area contributed by atoms with Gasteiger partial charge in [-0.1, -0.05) is 32.0 Å². The lowest BCUT2D eigenvalue weighted by Gasteiger charge is -2.27. The van der Waals surface area contributed by atoms with E-state index in [0.29, 0.717) is 6.54 Å². The molecule has 1 fully saturated rings. The molecule has 0 heterocycles. The van der Waals surface area contributed by atoms with Gasteiger partial charge >= 0.3 is 0 Å². The number of hydrogen-bond donors (Lipinski definition) is 2. The minimum absolute atomic E-state index is 0.0468. The van der Waals surface area contributed by atoms with Crippen LogP contribution in [0.15, 0.2) is 0 Å². The number of hydrogen-bond acceptors (Lipinski definition) is 3. The van der Waals surface area contributed by atoms with Crippen LogP contribution in [0, 0.1) is 0 Å². The largest absolute Gasteiger partial charge is 0.392 e. The van der Waals surface area contributed by atoms with Gasteiger partial charge < -0.3 is 5.73 Å². The lowest BCUT2D eigenvalue weighted by atomic mass is 10.2. The molecule has 0 aromatic rings. The molecule has 3 N–H and O–H groups in total. The first-order chi connectivity index (χ1) is 7.47. The summed E-state index contributed by atoms with van der Waals surface area (Å²) in [5.41, 5.74) is 5.45. The summed E-state index contributed by atoms with van der Waals surface area (Å²) in [6, 6.07) is 0.0468. The van der Waals surface area contributed by atoms with Crippen LogP contribution in [0.3, 0.4) is 0 Å². The SMILES string of the molecule is CCNS(=O)(=O)N(CC(N)=S)C1CCCC1. The van der Waals surface area contributed by atoms with Crippen molar-refractivity contribution in [2.75, 3.05) is 13.1 Å². The van der Waals surface area contributed by atoms with E-state index in [1.54, 1.807) is 6.92 Å². The molecule has 0 amide bonds. The van der Waals surface area contributed by atoms with Crippen molar-refractivity contribution >= 4 is 27.4 Å². The van der Waals surface area contributed by atoms with Gasteiger partial charge in [0, 0.05) is 12.6 Å². The predicted molar refractivity (Wildman–Crippen MR) is 68.3 cm³/mol. The fraction of sp³-hybridized carbons (Fsp3) is 0.889. The van der Waals surface area contributed by atoms with Gasteiger partial charge in [-0.25, -0.2) is 4.72 Å². The zero-order valence-electron chi connectivity index (χ0n) is 9.48. The molecule has 1 aliphatic rings. The first-order valence-electron chi connectivity index (χ1n) is 5.52. The van der Waals surface area contributed by atoms with Crippen LogP contribution >= 0.6 is 12.2 Å². The maximum absolute atomic E-state index is 12.0. The highest BCUT2D eigenvalue weighted by Gasteiger charge is 2.31. The van der Waals surface area contributed by atoms with Gasteiger partial charge in [-0.2, -0.15) is 12.7 Å². The Balaban J connectivity index is 2.81. The smallest absolute Gasteiger partial charge is 0.280 e. The Morgan fingerprint density at radius 3 is 2.50 bits per heavy atom. The quantitative estimate of drug-likeness (QED) is 0.681. The molecule has 0 saturated heterocycles. The molecule has 1 aliphatic carbocycles. The van der Waals surface area contributed by atoms with Crippen molar-refractivity contribution in [3.63, 3.8) is 0 Å². The Morgan fingerprint density at radius 2 is 2.06 bits per heavy atom. The third-order valence-electron chi connectivity index (χ3n) is 2.68. The molecule has 0 bridgehead atoms. The highest BCUT2D eigenvalue weighted by molar-refractivity contribution is 7.87. The highest BCUT2D eigenvalue weighted by atomic mass is 32.2. The minimum atomic E-state index is -3.44. The standard InChI is InChI=1S/C9H19N3O2S2/c1-2-11-16(13,14)12(7-9(10)15)8-5-3-4-6-8/h8,11H,2-7H2,1H3,(H2,10,15). The molecule has 0 aromatic heterocycles. The molecular weight excluding hydrogens is 246 g/mol. The summed E-state index contributed by atoms with van der Waals surface area (Å²) in [6.45, 7) is 2.27. The Labute approximate surface area is 103 Å². The molecule has 16 heavy (non-hydrogen) atoms. The summed E-state index contributed by atoms with van der Waals surface area (Å²) < 4.78 is 27.8. The zero-order valence-corrected chi connectivity index (χ0v) is 11.1. The van der Waals surface area contributed by atoms with Gasteiger partial charge in [-0.05, 0) is 12.8 Å². The van der Waals surface area contributed by atoms with E-state index in [4.69, 9.17) is 18.0 Å². The van der Waals surface area contributed by atoms with E-state index >= 15 is 0 Å². The van der Waals surface area contributed by atoms with Gasteiger partial charge in [0.1, 0.15) is 0 Å². The Kier molecular flexibility index (Phi) is 5.10. The summed E-state index contributed by atoms with van der Waals surface area (Å²) >= 11 is 4.80. The van der Waals surface area contributed by atoms with Crippen molar-refractivity contribution in [3.8, 4) is 0 Å². The highest BCUT2D eigenvalue weighted by Crippen LogP contribution is 2.24. The average Bonchev–Trinajstić information content (AvgIpc) is 2.66. The average molecular weight is 265 g/mol. The van der Waals surface area contributed by atoms with Gasteiger partial charge in [0.25, 0.3) is 10.2 Å². The van der Waals surface area contributed by atoms with Crippen LogP contribution in [0.1, 0.15) is 32.6 Å². The topological polar surface area (TPSA) is 75.4 Å². The Morgan fingerprint density at radius 1 is 1.50 bits per heavy atom. The first-order valence-corrected chi connectivity index (χ1v) is 7.37. The predicted octanol–water partition coefficient (Wildman–Crippen LogP) is 0.371. The second kappa shape index (κ2) is 5.90. The number of nitrogens with one attached hydrogen (secondary N) is 1. The molecule has 0 unspecified atom stereocenters. The Bertz CT molecular complexity index is 337. The molecule has 1 saturated carbocycles. The van der Waals surface area contributed by atoms with Crippen molar-refractivity contribution in [2.45, 2.75) is 38.6 Å². The maximum atomic E-state index is 12.0. The molecule has 0 aliphatic heterocycles. The third kappa shape index (κ3) is 3.65. The minimum Gasteiger partial charge on any atom is -0.392 e. The van der Waals surface area contributed by atoms with Crippen molar-refractivity contribution in [1.82, 2.24) is 9.03 Å². The fourth-order valence-corrected chi connectivity index (χ4v) is 3.69. The molecular formula is C9H19N3O2S2. The third-order valence-corrected chi connectivity index (χ3v) is 4.51. The maximum Gasteiger partial charge on any atom is 0.280 e. The van der Waals surface area contributed by atoms with E-state index < -0.39 is 10.2 Å². The number of thiocarbonyl (C=S) groups is 1. The second-order valence-electron chi connectivity index (χ2n) is 3.95. The second-order valence-corrected chi connectivity index (χ2v) is 6.18. The molecule has 0 aromatic carbocycles.